The predicted molar refractivity (Wildman–Crippen MR) is 114 cm³/mol. The third-order valence-electron chi connectivity index (χ3n) is 5.34. The Morgan fingerprint density at radius 3 is 1.29 bits per heavy atom. The summed E-state index contributed by atoms with van der Waals surface area (Å²) in [6.45, 7) is 2.27. The first-order chi connectivity index (χ1) is 13.0. The topological polar surface area (TPSA) is 77.4 Å². The maximum atomic E-state index is 10.5. The Labute approximate surface area is 197 Å². The third kappa shape index (κ3) is 26.9. The van der Waals surface area contributed by atoms with Gasteiger partial charge in [-0.1, -0.05) is 116 Å². The average molecular weight is 429 g/mol. The van der Waals surface area contributed by atoms with Crippen molar-refractivity contribution in [2.75, 3.05) is 5.75 Å². The molecule has 0 fully saturated rings. The fourth-order valence-electron chi connectivity index (χ4n) is 3.53. The molecule has 0 amide bonds. The first kappa shape index (κ1) is 31.1. The summed E-state index contributed by atoms with van der Waals surface area (Å²) in [4.78, 5) is 0. The number of aliphatic hydroxyl groups is 1. The van der Waals surface area contributed by atoms with Crippen molar-refractivity contribution in [3.8, 4) is 0 Å². The summed E-state index contributed by atoms with van der Waals surface area (Å²) >= 11 is 0. The zero-order chi connectivity index (χ0) is 20.2. The van der Waals surface area contributed by atoms with Crippen LogP contribution in [-0.4, -0.2) is 29.9 Å². The van der Waals surface area contributed by atoms with Crippen LogP contribution in [0.3, 0.4) is 0 Å². The molecule has 0 saturated heterocycles. The summed E-state index contributed by atoms with van der Waals surface area (Å²) in [5.74, 6) is -0.451. The van der Waals surface area contributed by atoms with E-state index in [0.29, 0.717) is 6.42 Å². The molecule has 0 saturated carbocycles. The molecule has 1 atom stereocenters. The van der Waals surface area contributed by atoms with Gasteiger partial charge in [0.15, 0.2) is 0 Å². The van der Waals surface area contributed by atoms with Crippen molar-refractivity contribution in [1.82, 2.24) is 0 Å². The molecule has 0 aromatic heterocycles. The van der Waals surface area contributed by atoms with E-state index in [1.165, 1.54) is 96.3 Å². The fraction of sp³-hybridized carbons (Fsp3) is 1.00. The van der Waals surface area contributed by atoms with Crippen LogP contribution in [0, 0.1) is 0 Å². The van der Waals surface area contributed by atoms with Gasteiger partial charge in [-0.2, -0.15) is 0 Å². The molecule has 28 heavy (non-hydrogen) atoms. The van der Waals surface area contributed by atoms with Crippen LogP contribution in [0.15, 0.2) is 0 Å². The van der Waals surface area contributed by atoms with Crippen molar-refractivity contribution in [2.24, 2.45) is 0 Å². The van der Waals surface area contributed by atoms with Gasteiger partial charge in [0.25, 0.3) is 0 Å². The van der Waals surface area contributed by atoms with Crippen molar-refractivity contribution in [3.63, 3.8) is 0 Å². The maximum Gasteiger partial charge on any atom is 1.00 e. The standard InChI is InChI=1S/C22H46O4S.Na/c1-2-3-4-5-6-7-8-9-10-11-12-13-14-15-16-17-18-19-22(23)20-21-27(24,25)26;/h22-23H,2-21H2,1H3,(H,24,25,26);/q;+1/p-1. The first-order valence-electron chi connectivity index (χ1n) is 11.6. The molecule has 164 valence electrons. The van der Waals surface area contributed by atoms with E-state index in [1.807, 2.05) is 0 Å². The van der Waals surface area contributed by atoms with Crippen LogP contribution in [0.1, 0.15) is 129 Å². The molecule has 0 bridgehead atoms. The summed E-state index contributed by atoms with van der Waals surface area (Å²) in [5.41, 5.74) is 0. The van der Waals surface area contributed by atoms with Gasteiger partial charge in [-0.25, -0.2) is 8.42 Å². The SMILES string of the molecule is CCCCCCCCCCCCCCCCCCCC(O)CCS(=O)(=O)[O-].[Na+]. The summed E-state index contributed by atoms with van der Waals surface area (Å²) in [5, 5.41) is 9.63. The van der Waals surface area contributed by atoms with E-state index in [9.17, 15) is 18.1 Å². The second-order valence-corrected chi connectivity index (χ2v) is 9.67. The molecule has 1 unspecified atom stereocenters. The molecule has 6 heteroatoms. The Morgan fingerprint density at radius 1 is 0.643 bits per heavy atom. The predicted octanol–water partition coefficient (Wildman–Crippen LogP) is 3.33. The molecule has 0 heterocycles. The molecule has 1 N–H and O–H groups in total. The van der Waals surface area contributed by atoms with Crippen molar-refractivity contribution >= 4 is 10.1 Å². The molecule has 0 aromatic carbocycles. The number of unbranched alkanes of at least 4 members (excludes halogenated alkanes) is 16. The van der Waals surface area contributed by atoms with Crippen LogP contribution in [0.4, 0.5) is 0 Å². The van der Waals surface area contributed by atoms with Crippen LogP contribution >= 0.6 is 0 Å². The summed E-state index contributed by atoms with van der Waals surface area (Å²) in [6.07, 6.45) is 22.5. The van der Waals surface area contributed by atoms with E-state index in [2.05, 4.69) is 6.92 Å². The van der Waals surface area contributed by atoms with Gasteiger partial charge in [0, 0.05) is 5.75 Å². The Bertz CT molecular complexity index is 401. The van der Waals surface area contributed by atoms with Crippen LogP contribution in [0.2, 0.25) is 0 Å². The van der Waals surface area contributed by atoms with Crippen LogP contribution in [0.5, 0.6) is 0 Å². The number of rotatable bonds is 21. The van der Waals surface area contributed by atoms with Gasteiger partial charge in [0.1, 0.15) is 0 Å². The molecule has 0 aliphatic carbocycles. The van der Waals surface area contributed by atoms with Gasteiger partial charge in [-0.3, -0.25) is 0 Å². The Morgan fingerprint density at radius 2 is 0.964 bits per heavy atom. The Kier molecular flexibility index (Phi) is 25.0. The average Bonchev–Trinajstić information content (AvgIpc) is 2.62. The first-order valence-corrected chi connectivity index (χ1v) is 13.1. The van der Waals surface area contributed by atoms with E-state index in [4.69, 9.17) is 0 Å². The van der Waals surface area contributed by atoms with Gasteiger partial charge in [0.05, 0.1) is 16.2 Å². The minimum atomic E-state index is -4.19. The van der Waals surface area contributed by atoms with Gasteiger partial charge >= 0.3 is 29.6 Å². The second-order valence-electron chi connectivity index (χ2n) is 8.15. The van der Waals surface area contributed by atoms with Crippen LogP contribution < -0.4 is 29.6 Å². The fourth-order valence-corrected chi connectivity index (χ4v) is 4.09. The number of hydrogen-bond acceptors (Lipinski definition) is 4. The van der Waals surface area contributed by atoms with E-state index in [-0.39, 0.29) is 36.0 Å². The number of aliphatic hydroxyl groups excluding tert-OH is 1. The molecular formula is C22H45NaO4S. The van der Waals surface area contributed by atoms with E-state index in [0.717, 1.165) is 12.8 Å². The normalized spacial score (nSPS) is 12.7. The zero-order valence-electron chi connectivity index (χ0n) is 18.8. The summed E-state index contributed by atoms with van der Waals surface area (Å²) in [6, 6.07) is 0. The smallest absolute Gasteiger partial charge is 0.748 e. The molecule has 0 rings (SSSR count). The zero-order valence-corrected chi connectivity index (χ0v) is 21.6. The van der Waals surface area contributed by atoms with Crippen LogP contribution in [0.25, 0.3) is 0 Å². The minimum absolute atomic E-state index is 0. The second kappa shape index (κ2) is 22.6. The Hall–Kier alpha value is 0.870. The third-order valence-corrected chi connectivity index (χ3v) is 6.08. The van der Waals surface area contributed by atoms with Gasteiger partial charge < -0.3 is 9.66 Å². The summed E-state index contributed by atoms with van der Waals surface area (Å²) in [7, 11) is -4.19. The van der Waals surface area contributed by atoms with Gasteiger partial charge in [-0.05, 0) is 12.8 Å². The van der Waals surface area contributed by atoms with Gasteiger partial charge in [0.2, 0.25) is 0 Å². The quantitative estimate of drug-likeness (QED) is 0.173. The monoisotopic (exact) mass is 428 g/mol. The molecule has 4 nitrogen and oxygen atoms in total. The molecule has 0 aliphatic rings. The van der Waals surface area contributed by atoms with Crippen molar-refractivity contribution in [3.05, 3.63) is 0 Å². The largest absolute Gasteiger partial charge is 1.00 e. The van der Waals surface area contributed by atoms with Crippen molar-refractivity contribution in [1.29, 1.82) is 0 Å². The summed E-state index contributed by atoms with van der Waals surface area (Å²) < 4.78 is 31.5. The molecule has 0 radical (unpaired) electrons. The van der Waals surface area contributed by atoms with Crippen molar-refractivity contribution in [2.45, 2.75) is 135 Å². The van der Waals surface area contributed by atoms with E-state index < -0.39 is 22.0 Å². The van der Waals surface area contributed by atoms with Crippen LogP contribution in [-0.2, 0) is 10.1 Å². The molecule has 0 spiro atoms. The number of hydrogen-bond donors (Lipinski definition) is 1. The van der Waals surface area contributed by atoms with E-state index >= 15 is 0 Å². The molecule has 0 aliphatic heterocycles. The van der Waals surface area contributed by atoms with E-state index in [1.54, 1.807) is 0 Å². The Balaban J connectivity index is 0. The molecule has 0 aromatic rings. The minimum Gasteiger partial charge on any atom is -0.748 e. The van der Waals surface area contributed by atoms with Crippen molar-refractivity contribution < 1.29 is 47.6 Å². The maximum absolute atomic E-state index is 10.5. The van der Waals surface area contributed by atoms with Gasteiger partial charge in [-0.15, -0.1) is 0 Å². The molecular weight excluding hydrogens is 383 g/mol.